The molecule has 18 heavy (non-hydrogen) atoms. The summed E-state index contributed by atoms with van der Waals surface area (Å²) < 4.78 is 5.81. The minimum absolute atomic E-state index is 0.301. The van der Waals surface area contributed by atoms with Crippen LogP contribution >= 0.6 is 0 Å². The Hall–Kier alpha value is -1.40. The number of nitrogens with one attached hydrogen (secondary N) is 1. The molecule has 1 fully saturated rings. The minimum atomic E-state index is 0.301. The van der Waals surface area contributed by atoms with Crippen LogP contribution in [0.3, 0.4) is 0 Å². The summed E-state index contributed by atoms with van der Waals surface area (Å²) >= 11 is 0. The van der Waals surface area contributed by atoms with Crippen LogP contribution in [0.5, 0.6) is 0 Å². The molecule has 100 valence electrons. The smallest absolute Gasteiger partial charge is 0.160 e. The molecular weight excluding hydrogens is 230 g/mol. The molecule has 3 N–H and O–H groups in total. The number of hydrogen-bond acceptors (Lipinski definition) is 6. The molecule has 1 atom stereocenters. The van der Waals surface area contributed by atoms with Gasteiger partial charge in [0, 0.05) is 19.7 Å². The van der Waals surface area contributed by atoms with E-state index in [0.717, 1.165) is 44.8 Å². The van der Waals surface area contributed by atoms with Gasteiger partial charge in [-0.3, -0.25) is 4.98 Å². The summed E-state index contributed by atoms with van der Waals surface area (Å²) in [4.78, 5) is 10.7. The summed E-state index contributed by atoms with van der Waals surface area (Å²) in [7, 11) is 0. The van der Waals surface area contributed by atoms with Crippen molar-refractivity contribution in [3.05, 3.63) is 12.4 Å². The molecule has 1 aromatic heterocycles. The van der Waals surface area contributed by atoms with Crippen LogP contribution in [-0.2, 0) is 4.74 Å². The molecule has 1 aliphatic heterocycles. The third kappa shape index (κ3) is 3.30. The zero-order valence-corrected chi connectivity index (χ0v) is 10.8. The molecule has 0 bridgehead atoms. The molecular formula is C12H21N5O. The van der Waals surface area contributed by atoms with Crippen molar-refractivity contribution in [2.24, 2.45) is 5.84 Å². The Labute approximate surface area is 108 Å². The van der Waals surface area contributed by atoms with E-state index in [4.69, 9.17) is 10.6 Å². The fraction of sp³-hybridized carbons (Fsp3) is 0.667. The van der Waals surface area contributed by atoms with E-state index in [-0.39, 0.29) is 0 Å². The summed E-state index contributed by atoms with van der Waals surface area (Å²) in [5.41, 5.74) is 2.52. The topological polar surface area (TPSA) is 76.3 Å². The Morgan fingerprint density at radius 3 is 3.22 bits per heavy atom. The van der Waals surface area contributed by atoms with Crippen LogP contribution in [-0.4, -0.2) is 35.8 Å². The average Bonchev–Trinajstić information content (AvgIpc) is 2.45. The standard InChI is InChI=1S/C12H21N5O/c1-2-6-18-10-4-3-5-17(9-10)12-8-14-7-11(15-12)16-13/h7-8,10H,2-6,9,13H2,1H3,(H,15,16). The first-order valence-corrected chi connectivity index (χ1v) is 6.48. The van der Waals surface area contributed by atoms with E-state index >= 15 is 0 Å². The summed E-state index contributed by atoms with van der Waals surface area (Å²) in [6.07, 6.45) is 6.98. The fourth-order valence-electron chi connectivity index (χ4n) is 2.14. The van der Waals surface area contributed by atoms with E-state index in [0.29, 0.717) is 11.9 Å². The molecule has 0 saturated carbocycles. The maximum absolute atomic E-state index is 5.81. The van der Waals surface area contributed by atoms with Gasteiger partial charge in [-0.05, 0) is 19.3 Å². The van der Waals surface area contributed by atoms with Gasteiger partial charge in [-0.25, -0.2) is 10.8 Å². The number of hydrazine groups is 1. The van der Waals surface area contributed by atoms with Gasteiger partial charge >= 0.3 is 0 Å². The molecule has 1 saturated heterocycles. The average molecular weight is 251 g/mol. The Bertz CT molecular complexity index is 373. The molecule has 0 spiro atoms. The molecule has 6 nitrogen and oxygen atoms in total. The van der Waals surface area contributed by atoms with Gasteiger partial charge in [-0.1, -0.05) is 6.92 Å². The number of nitrogens with zero attached hydrogens (tertiary/aromatic N) is 3. The Morgan fingerprint density at radius 2 is 2.44 bits per heavy atom. The van der Waals surface area contributed by atoms with Crippen LogP contribution in [0.4, 0.5) is 11.6 Å². The number of hydrogen-bond donors (Lipinski definition) is 2. The van der Waals surface area contributed by atoms with Crippen molar-refractivity contribution in [2.45, 2.75) is 32.3 Å². The molecule has 1 aliphatic rings. The molecule has 0 aliphatic carbocycles. The highest BCUT2D eigenvalue weighted by atomic mass is 16.5. The van der Waals surface area contributed by atoms with E-state index in [1.54, 1.807) is 12.4 Å². The number of rotatable bonds is 5. The van der Waals surface area contributed by atoms with Gasteiger partial charge in [-0.2, -0.15) is 0 Å². The molecule has 1 unspecified atom stereocenters. The predicted octanol–water partition coefficient (Wildman–Crippen LogP) is 1.16. The molecule has 0 aromatic carbocycles. The van der Waals surface area contributed by atoms with Crippen molar-refractivity contribution in [1.82, 2.24) is 9.97 Å². The number of aromatic nitrogens is 2. The second kappa shape index (κ2) is 6.51. The van der Waals surface area contributed by atoms with Gasteiger partial charge in [0.1, 0.15) is 5.82 Å². The van der Waals surface area contributed by atoms with Crippen LogP contribution in [0.1, 0.15) is 26.2 Å². The second-order valence-electron chi connectivity index (χ2n) is 4.49. The van der Waals surface area contributed by atoms with Crippen molar-refractivity contribution in [3.8, 4) is 0 Å². The Balaban J connectivity index is 1.98. The van der Waals surface area contributed by atoms with E-state index in [1.165, 1.54) is 0 Å². The van der Waals surface area contributed by atoms with Gasteiger partial charge < -0.3 is 15.1 Å². The number of nitrogen functional groups attached to an aromatic ring is 1. The monoisotopic (exact) mass is 251 g/mol. The minimum Gasteiger partial charge on any atom is -0.376 e. The van der Waals surface area contributed by atoms with Gasteiger partial charge in [0.15, 0.2) is 5.82 Å². The lowest BCUT2D eigenvalue weighted by molar-refractivity contribution is 0.0439. The van der Waals surface area contributed by atoms with Crippen LogP contribution in [0, 0.1) is 0 Å². The van der Waals surface area contributed by atoms with Crippen LogP contribution in [0.2, 0.25) is 0 Å². The second-order valence-corrected chi connectivity index (χ2v) is 4.49. The fourth-order valence-corrected chi connectivity index (χ4v) is 2.14. The Kier molecular flexibility index (Phi) is 4.72. The van der Waals surface area contributed by atoms with Crippen molar-refractivity contribution < 1.29 is 4.74 Å². The quantitative estimate of drug-likeness (QED) is 0.604. The maximum Gasteiger partial charge on any atom is 0.160 e. The van der Waals surface area contributed by atoms with Crippen molar-refractivity contribution in [2.75, 3.05) is 30.0 Å². The molecule has 0 amide bonds. The third-order valence-corrected chi connectivity index (χ3v) is 3.03. The molecule has 0 radical (unpaired) electrons. The van der Waals surface area contributed by atoms with Gasteiger partial charge in [0.2, 0.25) is 0 Å². The summed E-state index contributed by atoms with van der Waals surface area (Å²) in [6, 6.07) is 0. The number of nitrogens with two attached hydrogens (primary N) is 1. The third-order valence-electron chi connectivity index (χ3n) is 3.03. The molecule has 6 heteroatoms. The van der Waals surface area contributed by atoms with Crippen molar-refractivity contribution in [3.63, 3.8) is 0 Å². The molecule has 2 rings (SSSR count). The van der Waals surface area contributed by atoms with E-state index in [2.05, 4.69) is 27.2 Å². The molecule has 2 heterocycles. The molecule has 1 aromatic rings. The van der Waals surface area contributed by atoms with Crippen LogP contribution in [0.15, 0.2) is 12.4 Å². The highest BCUT2D eigenvalue weighted by Gasteiger charge is 2.21. The number of ether oxygens (including phenoxy) is 1. The van der Waals surface area contributed by atoms with Crippen LogP contribution < -0.4 is 16.2 Å². The van der Waals surface area contributed by atoms with E-state index in [9.17, 15) is 0 Å². The predicted molar refractivity (Wildman–Crippen MR) is 71.3 cm³/mol. The van der Waals surface area contributed by atoms with E-state index < -0.39 is 0 Å². The first-order valence-electron chi connectivity index (χ1n) is 6.48. The number of piperidine rings is 1. The summed E-state index contributed by atoms with van der Waals surface area (Å²) in [6.45, 7) is 4.83. The maximum atomic E-state index is 5.81. The highest BCUT2D eigenvalue weighted by Crippen LogP contribution is 2.19. The van der Waals surface area contributed by atoms with E-state index in [1.807, 2.05) is 0 Å². The number of anilines is 2. The zero-order valence-electron chi connectivity index (χ0n) is 10.8. The largest absolute Gasteiger partial charge is 0.376 e. The lowest BCUT2D eigenvalue weighted by Gasteiger charge is -2.33. The summed E-state index contributed by atoms with van der Waals surface area (Å²) in [5, 5.41) is 0. The SMILES string of the molecule is CCCOC1CCCN(c2cncc(NN)n2)C1. The first-order chi connectivity index (χ1) is 8.83. The van der Waals surface area contributed by atoms with Crippen LogP contribution in [0.25, 0.3) is 0 Å². The van der Waals surface area contributed by atoms with Gasteiger partial charge in [0.25, 0.3) is 0 Å². The first kappa shape index (κ1) is 13.0. The van der Waals surface area contributed by atoms with Gasteiger partial charge in [-0.15, -0.1) is 0 Å². The zero-order chi connectivity index (χ0) is 12.8. The van der Waals surface area contributed by atoms with Crippen molar-refractivity contribution in [1.29, 1.82) is 0 Å². The summed E-state index contributed by atoms with van der Waals surface area (Å²) in [5.74, 6) is 6.79. The lowest BCUT2D eigenvalue weighted by atomic mass is 10.1. The highest BCUT2D eigenvalue weighted by molar-refractivity contribution is 5.43. The Morgan fingerprint density at radius 1 is 1.56 bits per heavy atom. The van der Waals surface area contributed by atoms with Gasteiger partial charge in [0.05, 0.1) is 18.5 Å². The van der Waals surface area contributed by atoms with Crippen molar-refractivity contribution >= 4 is 11.6 Å². The normalized spacial score (nSPS) is 19.9. The lowest BCUT2D eigenvalue weighted by Crippen LogP contribution is -2.40.